The van der Waals surface area contributed by atoms with Crippen molar-refractivity contribution in [2.24, 2.45) is 0 Å². The van der Waals surface area contributed by atoms with Gasteiger partial charge in [-0.2, -0.15) is 10.1 Å². The number of amides is 1. The number of aromatic amines is 1. The van der Waals surface area contributed by atoms with Crippen molar-refractivity contribution >= 4 is 17.3 Å². The Morgan fingerprint density at radius 1 is 1.19 bits per heavy atom. The van der Waals surface area contributed by atoms with Crippen molar-refractivity contribution < 1.29 is 9.32 Å². The second kappa shape index (κ2) is 4.44. The van der Waals surface area contributed by atoms with Crippen LogP contribution in [0.2, 0.25) is 0 Å². The van der Waals surface area contributed by atoms with Crippen LogP contribution in [-0.2, 0) is 4.79 Å². The van der Waals surface area contributed by atoms with Gasteiger partial charge >= 0.3 is 0 Å². The highest BCUT2D eigenvalue weighted by molar-refractivity contribution is 6.01. The molecule has 0 atom stereocenters. The van der Waals surface area contributed by atoms with Crippen LogP contribution in [-0.4, -0.2) is 32.8 Å². The first-order valence-corrected chi connectivity index (χ1v) is 6.30. The van der Waals surface area contributed by atoms with E-state index in [1.807, 2.05) is 12.1 Å². The average molecular weight is 282 g/mol. The Morgan fingerprint density at radius 3 is 3.00 bits per heavy atom. The van der Waals surface area contributed by atoms with E-state index < -0.39 is 0 Å². The van der Waals surface area contributed by atoms with Crippen LogP contribution in [0.15, 0.2) is 35.1 Å². The third-order valence-electron chi connectivity index (χ3n) is 3.16. The molecule has 1 aromatic carbocycles. The lowest BCUT2D eigenvalue weighted by Gasteiger charge is -2.18. The molecule has 2 aromatic heterocycles. The normalized spacial score (nSPS) is 13.4. The molecule has 0 fully saturated rings. The summed E-state index contributed by atoms with van der Waals surface area (Å²) in [4.78, 5) is 15.7. The number of fused-ring (bicyclic) bond motifs is 1. The first-order valence-electron chi connectivity index (χ1n) is 6.30. The summed E-state index contributed by atoms with van der Waals surface area (Å²) < 4.78 is 5.26. The van der Waals surface area contributed by atoms with Gasteiger partial charge in [0.2, 0.25) is 11.7 Å². The molecule has 3 aromatic rings. The van der Waals surface area contributed by atoms with Gasteiger partial charge in [-0.05, 0) is 18.2 Å². The van der Waals surface area contributed by atoms with Gasteiger partial charge in [0, 0.05) is 11.8 Å². The predicted molar refractivity (Wildman–Crippen MR) is 74.4 cm³/mol. The first kappa shape index (κ1) is 11.6. The zero-order chi connectivity index (χ0) is 14.2. The second-order valence-electron chi connectivity index (χ2n) is 4.57. The maximum atomic E-state index is 11.4. The van der Waals surface area contributed by atoms with Crippen LogP contribution in [0, 0.1) is 0 Å². The molecule has 1 aliphatic rings. The molecular formula is C13H10N6O2. The van der Waals surface area contributed by atoms with Crippen molar-refractivity contribution in [1.29, 1.82) is 0 Å². The Labute approximate surface area is 118 Å². The topological polar surface area (TPSA) is 109 Å². The highest BCUT2D eigenvalue weighted by Gasteiger charge is 2.17. The predicted octanol–water partition coefficient (Wildman–Crippen LogP) is 1.49. The van der Waals surface area contributed by atoms with Gasteiger partial charge in [0.1, 0.15) is 0 Å². The molecule has 1 amide bonds. The molecule has 0 bridgehead atoms. The van der Waals surface area contributed by atoms with Crippen molar-refractivity contribution in [2.75, 3.05) is 17.2 Å². The molecule has 0 saturated carbocycles. The van der Waals surface area contributed by atoms with E-state index in [1.165, 1.54) is 0 Å². The highest BCUT2D eigenvalue weighted by Crippen LogP contribution is 2.30. The summed E-state index contributed by atoms with van der Waals surface area (Å²) in [5.74, 6) is 0.761. The van der Waals surface area contributed by atoms with Crippen LogP contribution < -0.4 is 10.6 Å². The molecule has 104 valence electrons. The Bertz CT molecular complexity index is 808. The summed E-state index contributed by atoms with van der Waals surface area (Å²) in [6.45, 7) is 0.275. The third-order valence-corrected chi connectivity index (χ3v) is 3.16. The number of nitrogens with one attached hydrogen (secondary N) is 3. The van der Waals surface area contributed by atoms with Gasteiger partial charge < -0.3 is 15.2 Å². The van der Waals surface area contributed by atoms with Crippen LogP contribution in [0.5, 0.6) is 0 Å². The van der Waals surface area contributed by atoms with Gasteiger partial charge in [-0.1, -0.05) is 5.16 Å². The maximum absolute atomic E-state index is 11.4. The largest absolute Gasteiger partial charge is 0.374 e. The van der Waals surface area contributed by atoms with Gasteiger partial charge in [0.25, 0.3) is 5.89 Å². The number of carbonyl (C=O) groups is 1. The van der Waals surface area contributed by atoms with Crippen LogP contribution in [0.4, 0.5) is 11.4 Å². The summed E-state index contributed by atoms with van der Waals surface area (Å²) in [6, 6.07) is 5.52. The number of benzene rings is 1. The summed E-state index contributed by atoms with van der Waals surface area (Å²) in [5.41, 5.74) is 3.05. The van der Waals surface area contributed by atoms with E-state index >= 15 is 0 Å². The third kappa shape index (κ3) is 2.02. The van der Waals surface area contributed by atoms with Crippen LogP contribution in [0.25, 0.3) is 22.8 Å². The molecule has 8 nitrogen and oxygen atoms in total. The van der Waals surface area contributed by atoms with Gasteiger partial charge in [-0.25, -0.2) is 0 Å². The quantitative estimate of drug-likeness (QED) is 0.657. The van der Waals surface area contributed by atoms with Gasteiger partial charge in [0.15, 0.2) is 0 Å². The van der Waals surface area contributed by atoms with Crippen molar-refractivity contribution in [1.82, 2.24) is 20.3 Å². The minimum absolute atomic E-state index is 0.0794. The zero-order valence-electron chi connectivity index (χ0n) is 10.8. The van der Waals surface area contributed by atoms with Crippen LogP contribution >= 0.6 is 0 Å². The van der Waals surface area contributed by atoms with Crippen molar-refractivity contribution in [3.05, 3.63) is 30.6 Å². The zero-order valence-corrected chi connectivity index (χ0v) is 10.8. The van der Waals surface area contributed by atoms with E-state index in [0.717, 1.165) is 16.8 Å². The Morgan fingerprint density at radius 2 is 2.14 bits per heavy atom. The number of anilines is 2. The lowest BCUT2D eigenvalue weighted by molar-refractivity contribution is -0.114. The summed E-state index contributed by atoms with van der Waals surface area (Å²) in [6.07, 6.45) is 3.30. The Hall–Kier alpha value is -3.16. The minimum Gasteiger partial charge on any atom is -0.374 e. The number of H-pyrrole nitrogens is 1. The fraction of sp³-hybridized carbons (Fsp3) is 0.0769. The van der Waals surface area contributed by atoms with Crippen molar-refractivity contribution in [3.8, 4) is 22.8 Å². The minimum atomic E-state index is -0.0794. The molecule has 3 N–H and O–H groups in total. The van der Waals surface area contributed by atoms with Gasteiger partial charge in [-0.3, -0.25) is 9.89 Å². The summed E-state index contributed by atoms with van der Waals surface area (Å²) >= 11 is 0. The second-order valence-corrected chi connectivity index (χ2v) is 4.57. The van der Waals surface area contributed by atoms with E-state index in [4.69, 9.17) is 4.52 Å². The molecule has 0 aliphatic carbocycles. The molecule has 0 radical (unpaired) electrons. The molecule has 0 spiro atoms. The summed E-state index contributed by atoms with van der Waals surface area (Å²) in [5, 5.41) is 16.3. The van der Waals surface area contributed by atoms with Crippen LogP contribution in [0.3, 0.4) is 0 Å². The Balaban J connectivity index is 1.71. The maximum Gasteiger partial charge on any atom is 0.258 e. The highest BCUT2D eigenvalue weighted by atomic mass is 16.5. The number of hydrogen-bond donors (Lipinski definition) is 3. The lowest BCUT2D eigenvalue weighted by Crippen LogP contribution is -2.27. The lowest BCUT2D eigenvalue weighted by atomic mass is 10.1. The van der Waals surface area contributed by atoms with E-state index in [9.17, 15) is 4.79 Å². The van der Waals surface area contributed by atoms with Crippen molar-refractivity contribution in [3.63, 3.8) is 0 Å². The number of rotatable bonds is 2. The number of carbonyl (C=O) groups excluding carboxylic acids is 1. The number of aromatic nitrogens is 4. The number of hydrogen-bond acceptors (Lipinski definition) is 6. The van der Waals surface area contributed by atoms with Gasteiger partial charge in [-0.15, -0.1) is 0 Å². The van der Waals surface area contributed by atoms with E-state index in [0.29, 0.717) is 17.4 Å². The molecule has 1 aliphatic heterocycles. The molecule has 4 rings (SSSR count). The summed E-state index contributed by atoms with van der Waals surface area (Å²) in [7, 11) is 0. The molecule has 3 heterocycles. The van der Waals surface area contributed by atoms with Crippen molar-refractivity contribution in [2.45, 2.75) is 0 Å². The standard InChI is InChI=1S/C13H10N6O2/c20-11-6-14-9-2-1-7(3-10(9)17-11)13-18-12(19-21-13)8-4-15-16-5-8/h1-5,14H,6H2,(H,15,16)(H,17,20). The number of nitrogens with zero attached hydrogens (tertiary/aromatic N) is 3. The average Bonchev–Trinajstić information content (AvgIpc) is 3.17. The van der Waals surface area contributed by atoms with E-state index in [2.05, 4.69) is 31.0 Å². The SMILES string of the molecule is O=C1CNc2ccc(-c3nc(-c4cn[nH]c4)no3)cc2N1. The fourth-order valence-corrected chi connectivity index (χ4v) is 2.14. The Kier molecular flexibility index (Phi) is 2.46. The first-order chi connectivity index (χ1) is 10.3. The van der Waals surface area contributed by atoms with E-state index in [1.54, 1.807) is 18.5 Å². The molecule has 0 unspecified atom stereocenters. The molecule has 0 saturated heterocycles. The molecule has 21 heavy (non-hydrogen) atoms. The fourth-order valence-electron chi connectivity index (χ4n) is 2.14. The monoisotopic (exact) mass is 282 g/mol. The smallest absolute Gasteiger partial charge is 0.258 e. The van der Waals surface area contributed by atoms with Crippen LogP contribution in [0.1, 0.15) is 0 Å². The van der Waals surface area contributed by atoms with E-state index in [-0.39, 0.29) is 12.5 Å². The van der Waals surface area contributed by atoms with Gasteiger partial charge in [0.05, 0.1) is 29.7 Å². The molecule has 8 heteroatoms. The molecular weight excluding hydrogens is 272 g/mol.